The van der Waals surface area contributed by atoms with E-state index in [4.69, 9.17) is 21.6 Å². The average molecular weight is 289 g/mol. The molecule has 1 aromatic carbocycles. The maximum atomic E-state index is 9.03. The van der Waals surface area contributed by atoms with Crippen molar-refractivity contribution in [1.29, 1.82) is 5.26 Å². The fraction of sp³-hybridized carbons (Fsp3) is 0.214. The van der Waals surface area contributed by atoms with E-state index in [9.17, 15) is 0 Å². The van der Waals surface area contributed by atoms with E-state index >= 15 is 0 Å². The van der Waals surface area contributed by atoms with Crippen molar-refractivity contribution in [1.82, 2.24) is 9.97 Å². The smallest absolute Gasteiger partial charge is 0.243 e. The Labute approximate surface area is 122 Å². The summed E-state index contributed by atoms with van der Waals surface area (Å²) >= 11 is 6.01. The third-order valence-electron chi connectivity index (χ3n) is 2.46. The van der Waals surface area contributed by atoms with Crippen LogP contribution in [0.1, 0.15) is 18.9 Å². The quantitative estimate of drug-likeness (QED) is 0.910. The van der Waals surface area contributed by atoms with E-state index in [1.807, 2.05) is 6.92 Å². The molecule has 0 spiro atoms. The van der Waals surface area contributed by atoms with Gasteiger partial charge in [-0.1, -0.05) is 30.7 Å². The molecule has 1 aromatic heterocycles. The Morgan fingerprint density at radius 2 is 2.20 bits per heavy atom. The number of anilines is 1. The van der Waals surface area contributed by atoms with Gasteiger partial charge in [-0.05, 0) is 18.6 Å². The number of hydrogen-bond donors (Lipinski definition) is 1. The van der Waals surface area contributed by atoms with Crippen LogP contribution in [0.4, 0.5) is 5.95 Å². The van der Waals surface area contributed by atoms with Crippen LogP contribution in [0.5, 0.6) is 11.6 Å². The summed E-state index contributed by atoms with van der Waals surface area (Å²) < 4.78 is 5.61. The number of hydrogen-bond acceptors (Lipinski definition) is 5. The van der Waals surface area contributed by atoms with Gasteiger partial charge in [0.1, 0.15) is 16.8 Å². The maximum absolute atomic E-state index is 9.03. The molecule has 0 radical (unpaired) electrons. The van der Waals surface area contributed by atoms with Crippen molar-refractivity contribution in [3.8, 4) is 17.7 Å². The molecular weight excluding hydrogens is 276 g/mol. The summed E-state index contributed by atoms with van der Waals surface area (Å²) in [6.45, 7) is 2.80. The summed E-state index contributed by atoms with van der Waals surface area (Å²) in [5, 5.41) is 12.4. The van der Waals surface area contributed by atoms with E-state index in [0.29, 0.717) is 22.3 Å². The standard InChI is InChI=1S/C14H13ClN4O/c1-2-7-17-14-18-9-11(15)13(19-14)20-12-6-4-3-5-10(12)8-16/h3-6,9H,2,7H2,1H3,(H,17,18,19). The minimum absolute atomic E-state index is 0.225. The molecule has 0 aliphatic heterocycles. The lowest BCUT2D eigenvalue weighted by molar-refractivity contribution is 0.461. The number of rotatable bonds is 5. The third-order valence-corrected chi connectivity index (χ3v) is 2.72. The highest BCUT2D eigenvalue weighted by molar-refractivity contribution is 6.31. The van der Waals surface area contributed by atoms with Crippen molar-refractivity contribution in [2.45, 2.75) is 13.3 Å². The monoisotopic (exact) mass is 288 g/mol. The average Bonchev–Trinajstić information content (AvgIpc) is 2.48. The van der Waals surface area contributed by atoms with Gasteiger partial charge < -0.3 is 10.1 Å². The van der Waals surface area contributed by atoms with E-state index < -0.39 is 0 Å². The van der Waals surface area contributed by atoms with Crippen LogP contribution in [0.25, 0.3) is 0 Å². The molecule has 0 fully saturated rings. The molecule has 0 bridgehead atoms. The van der Waals surface area contributed by atoms with Gasteiger partial charge in [-0.3, -0.25) is 0 Å². The van der Waals surface area contributed by atoms with Gasteiger partial charge in [-0.25, -0.2) is 4.98 Å². The lowest BCUT2D eigenvalue weighted by Crippen LogP contribution is -2.05. The molecule has 1 heterocycles. The first-order chi connectivity index (χ1) is 9.74. The molecule has 0 saturated carbocycles. The third kappa shape index (κ3) is 3.37. The number of ether oxygens (including phenoxy) is 1. The number of nitriles is 1. The SMILES string of the molecule is CCCNc1ncc(Cl)c(Oc2ccccc2C#N)n1. The van der Waals surface area contributed by atoms with Crippen LogP contribution in [-0.4, -0.2) is 16.5 Å². The molecule has 6 heteroatoms. The summed E-state index contributed by atoms with van der Waals surface area (Å²) in [7, 11) is 0. The summed E-state index contributed by atoms with van der Waals surface area (Å²) in [6.07, 6.45) is 2.43. The van der Waals surface area contributed by atoms with E-state index in [1.54, 1.807) is 24.3 Å². The molecular formula is C14H13ClN4O. The molecule has 0 atom stereocenters. The number of nitrogens with zero attached hydrogens (tertiary/aromatic N) is 3. The highest BCUT2D eigenvalue weighted by Gasteiger charge is 2.10. The molecule has 0 aliphatic carbocycles. The molecule has 0 amide bonds. The minimum atomic E-state index is 0.225. The zero-order valence-electron chi connectivity index (χ0n) is 10.9. The molecule has 0 saturated heterocycles. The molecule has 102 valence electrons. The van der Waals surface area contributed by atoms with Gasteiger partial charge in [-0.15, -0.1) is 0 Å². The number of nitrogens with one attached hydrogen (secondary N) is 1. The van der Waals surface area contributed by atoms with Crippen molar-refractivity contribution in [2.24, 2.45) is 0 Å². The van der Waals surface area contributed by atoms with Gasteiger partial charge >= 0.3 is 0 Å². The Hall–Kier alpha value is -2.32. The molecule has 20 heavy (non-hydrogen) atoms. The Morgan fingerprint density at radius 1 is 1.40 bits per heavy atom. The van der Waals surface area contributed by atoms with Crippen LogP contribution >= 0.6 is 11.6 Å². The molecule has 5 nitrogen and oxygen atoms in total. The van der Waals surface area contributed by atoms with E-state index in [1.165, 1.54) is 6.20 Å². The second-order valence-electron chi connectivity index (χ2n) is 3.98. The minimum Gasteiger partial charge on any atom is -0.436 e. The Morgan fingerprint density at radius 3 is 2.95 bits per heavy atom. The highest BCUT2D eigenvalue weighted by atomic mass is 35.5. The summed E-state index contributed by atoms with van der Waals surface area (Å²) in [6, 6.07) is 8.96. The summed E-state index contributed by atoms with van der Waals surface area (Å²) in [5.41, 5.74) is 0.422. The lowest BCUT2D eigenvalue weighted by atomic mass is 10.2. The number of aromatic nitrogens is 2. The number of para-hydroxylation sites is 1. The number of halogens is 1. The Kier molecular flexibility index (Phi) is 4.75. The zero-order valence-corrected chi connectivity index (χ0v) is 11.7. The van der Waals surface area contributed by atoms with Gasteiger partial charge in [0.05, 0.1) is 11.8 Å². The van der Waals surface area contributed by atoms with Crippen LogP contribution in [0.2, 0.25) is 5.02 Å². The van der Waals surface area contributed by atoms with Gasteiger partial charge in [0.2, 0.25) is 11.8 Å². The fourth-order valence-corrected chi connectivity index (χ4v) is 1.63. The summed E-state index contributed by atoms with van der Waals surface area (Å²) in [4.78, 5) is 8.26. The van der Waals surface area contributed by atoms with Gasteiger partial charge in [-0.2, -0.15) is 10.2 Å². The second kappa shape index (κ2) is 6.73. The van der Waals surface area contributed by atoms with Crippen LogP contribution in [0.3, 0.4) is 0 Å². The highest BCUT2D eigenvalue weighted by Crippen LogP contribution is 2.29. The molecule has 0 unspecified atom stereocenters. The van der Waals surface area contributed by atoms with E-state index in [2.05, 4.69) is 21.4 Å². The molecule has 1 N–H and O–H groups in total. The van der Waals surface area contributed by atoms with Crippen molar-refractivity contribution in [2.75, 3.05) is 11.9 Å². The van der Waals surface area contributed by atoms with Gasteiger partial charge in [0.25, 0.3) is 0 Å². The fourth-order valence-electron chi connectivity index (χ4n) is 1.50. The predicted molar refractivity (Wildman–Crippen MR) is 77.1 cm³/mol. The van der Waals surface area contributed by atoms with Gasteiger partial charge in [0.15, 0.2) is 0 Å². The Bertz CT molecular complexity index is 639. The molecule has 2 rings (SSSR count). The molecule has 0 aliphatic rings. The second-order valence-corrected chi connectivity index (χ2v) is 4.39. The van der Waals surface area contributed by atoms with Crippen molar-refractivity contribution in [3.05, 3.63) is 41.0 Å². The lowest BCUT2D eigenvalue weighted by Gasteiger charge is -2.09. The maximum Gasteiger partial charge on any atom is 0.243 e. The zero-order chi connectivity index (χ0) is 14.4. The van der Waals surface area contributed by atoms with Gasteiger partial charge in [0, 0.05) is 6.54 Å². The first-order valence-electron chi connectivity index (χ1n) is 6.18. The molecule has 2 aromatic rings. The predicted octanol–water partition coefficient (Wildman–Crippen LogP) is 3.62. The van der Waals surface area contributed by atoms with Crippen molar-refractivity contribution >= 4 is 17.5 Å². The Balaban J connectivity index is 2.26. The van der Waals surface area contributed by atoms with Crippen LogP contribution in [0.15, 0.2) is 30.5 Å². The topological polar surface area (TPSA) is 70.8 Å². The van der Waals surface area contributed by atoms with Crippen LogP contribution < -0.4 is 10.1 Å². The van der Waals surface area contributed by atoms with E-state index in [-0.39, 0.29) is 5.88 Å². The van der Waals surface area contributed by atoms with E-state index in [0.717, 1.165) is 13.0 Å². The normalized spacial score (nSPS) is 9.85. The largest absolute Gasteiger partial charge is 0.436 e. The van der Waals surface area contributed by atoms with Crippen molar-refractivity contribution in [3.63, 3.8) is 0 Å². The number of benzene rings is 1. The first-order valence-corrected chi connectivity index (χ1v) is 6.55. The van der Waals surface area contributed by atoms with Crippen LogP contribution in [0, 0.1) is 11.3 Å². The first kappa shape index (κ1) is 14.1. The van der Waals surface area contributed by atoms with Crippen molar-refractivity contribution < 1.29 is 4.74 Å². The van der Waals surface area contributed by atoms with Crippen LogP contribution in [-0.2, 0) is 0 Å². The summed E-state index contributed by atoms with van der Waals surface area (Å²) in [5.74, 6) is 1.08.